The maximum atomic E-state index is 13.4. The van der Waals surface area contributed by atoms with Gasteiger partial charge >= 0.3 is 0 Å². The number of nitro benzene ring substituents is 1. The molecule has 0 aliphatic carbocycles. The number of thiazole rings is 1. The number of hydrogen-bond acceptors (Lipinski definition) is 6. The van der Waals surface area contributed by atoms with E-state index in [4.69, 9.17) is 0 Å². The zero-order valence-electron chi connectivity index (χ0n) is 15.7. The molecule has 1 aromatic heterocycles. The summed E-state index contributed by atoms with van der Waals surface area (Å²) in [4.78, 5) is 44.0. The summed E-state index contributed by atoms with van der Waals surface area (Å²) in [6.07, 6.45) is 1.20. The maximum Gasteiger partial charge on any atom is 0.273 e. The minimum atomic E-state index is -0.502. The number of para-hydroxylation sites is 1. The summed E-state index contributed by atoms with van der Waals surface area (Å²) in [7, 11) is 0. The highest BCUT2D eigenvalue weighted by Gasteiger charge is 2.30. The van der Waals surface area contributed by atoms with Crippen molar-refractivity contribution < 1.29 is 14.5 Å². The van der Waals surface area contributed by atoms with Gasteiger partial charge in [-0.05, 0) is 31.5 Å². The van der Waals surface area contributed by atoms with Crippen molar-refractivity contribution in [2.24, 2.45) is 0 Å². The number of carbonyl (C=O) groups excluding carboxylic acids is 2. The Morgan fingerprint density at radius 2 is 2.07 bits per heavy atom. The summed E-state index contributed by atoms with van der Waals surface area (Å²) < 4.78 is 0.920. The van der Waals surface area contributed by atoms with Crippen LogP contribution in [0.5, 0.6) is 0 Å². The smallest absolute Gasteiger partial charge is 0.273 e. The molecule has 2 aromatic carbocycles. The van der Waals surface area contributed by atoms with Gasteiger partial charge in [0.15, 0.2) is 5.13 Å². The molecule has 1 aliphatic heterocycles. The summed E-state index contributed by atoms with van der Waals surface area (Å²) >= 11 is 1.35. The van der Waals surface area contributed by atoms with E-state index in [1.54, 1.807) is 17.9 Å². The van der Waals surface area contributed by atoms with Crippen LogP contribution in [0.1, 0.15) is 28.8 Å². The number of benzene rings is 2. The number of rotatable bonds is 5. The average Bonchev–Trinajstić information content (AvgIpc) is 3.31. The number of fused-ring (bicyclic) bond motifs is 1. The maximum absolute atomic E-state index is 13.4. The molecule has 2 amide bonds. The van der Waals surface area contributed by atoms with Gasteiger partial charge in [-0.15, -0.1) is 0 Å². The Labute approximate surface area is 170 Å². The molecular formula is C20H18N4O4S. The van der Waals surface area contributed by atoms with Crippen LogP contribution in [0, 0.1) is 17.0 Å². The van der Waals surface area contributed by atoms with Crippen molar-refractivity contribution in [1.29, 1.82) is 0 Å². The molecule has 2 heterocycles. The largest absolute Gasteiger partial charge is 0.324 e. The van der Waals surface area contributed by atoms with Gasteiger partial charge in [-0.1, -0.05) is 29.5 Å². The summed E-state index contributed by atoms with van der Waals surface area (Å²) in [6.45, 7) is 2.20. The van der Waals surface area contributed by atoms with E-state index in [0.717, 1.165) is 16.6 Å². The fourth-order valence-corrected chi connectivity index (χ4v) is 4.37. The molecule has 29 heavy (non-hydrogen) atoms. The second-order valence-electron chi connectivity index (χ2n) is 6.81. The lowest BCUT2D eigenvalue weighted by Gasteiger charge is -2.26. The van der Waals surface area contributed by atoms with E-state index in [-0.39, 0.29) is 23.8 Å². The molecule has 4 rings (SSSR count). The number of anilines is 1. The fourth-order valence-electron chi connectivity index (χ4n) is 3.41. The molecule has 0 radical (unpaired) electrons. The first-order valence-corrected chi connectivity index (χ1v) is 9.96. The Morgan fingerprint density at radius 3 is 2.76 bits per heavy atom. The molecule has 0 N–H and O–H groups in total. The number of carbonyl (C=O) groups is 2. The minimum Gasteiger partial charge on any atom is -0.324 e. The molecule has 0 saturated carbocycles. The van der Waals surface area contributed by atoms with Crippen LogP contribution >= 0.6 is 11.3 Å². The third-order valence-electron chi connectivity index (χ3n) is 4.97. The van der Waals surface area contributed by atoms with Crippen LogP contribution in [0.4, 0.5) is 10.8 Å². The van der Waals surface area contributed by atoms with E-state index in [1.165, 1.54) is 28.4 Å². The van der Waals surface area contributed by atoms with Crippen LogP contribution in [0.3, 0.4) is 0 Å². The van der Waals surface area contributed by atoms with Crippen molar-refractivity contribution in [2.45, 2.75) is 19.8 Å². The minimum absolute atomic E-state index is 0.0142. The Bertz CT molecular complexity index is 1090. The van der Waals surface area contributed by atoms with Gasteiger partial charge in [0.25, 0.3) is 11.6 Å². The Kier molecular flexibility index (Phi) is 4.98. The molecule has 1 saturated heterocycles. The van der Waals surface area contributed by atoms with Gasteiger partial charge in [0, 0.05) is 30.2 Å². The Balaban J connectivity index is 1.77. The van der Waals surface area contributed by atoms with Crippen LogP contribution in [0.15, 0.2) is 42.5 Å². The first-order chi connectivity index (χ1) is 14.0. The molecule has 0 spiro atoms. The van der Waals surface area contributed by atoms with Gasteiger partial charge in [-0.2, -0.15) is 0 Å². The van der Waals surface area contributed by atoms with Crippen LogP contribution in [0.25, 0.3) is 10.2 Å². The van der Waals surface area contributed by atoms with Crippen LogP contribution < -0.4 is 4.90 Å². The summed E-state index contributed by atoms with van der Waals surface area (Å²) in [6, 6.07) is 12.0. The van der Waals surface area contributed by atoms with Crippen LogP contribution in [-0.2, 0) is 4.79 Å². The van der Waals surface area contributed by atoms with Crippen molar-refractivity contribution in [3.63, 3.8) is 0 Å². The lowest BCUT2D eigenvalue weighted by molar-refractivity contribution is -0.385. The van der Waals surface area contributed by atoms with Gasteiger partial charge in [-0.25, -0.2) is 4.98 Å². The second-order valence-corrected chi connectivity index (χ2v) is 7.82. The van der Waals surface area contributed by atoms with E-state index < -0.39 is 10.8 Å². The predicted molar refractivity (Wildman–Crippen MR) is 110 cm³/mol. The molecule has 148 valence electrons. The number of amides is 2. The summed E-state index contributed by atoms with van der Waals surface area (Å²) in [5.74, 6) is -0.426. The number of nitrogens with zero attached hydrogens (tertiary/aromatic N) is 4. The number of likely N-dealkylation sites (tertiary alicyclic amines) is 1. The monoisotopic (exact) mass is 410 g/mol. The standard InChI is InChI=1S/C20H18N4O4S/c1-13-14(6-4-8-16(13)24(27)28)19(26)23(12-22-11-5-10-18(22)25)20-21-15-7-2-3-9-17(15)29-20/h2-4,6-9H,5,10-12H2,1H3. The molecule has 1 aliphatic rings. The van der Waals surface area contributed by atoms with Gasteiger partial charge in [0.1, 0.15) is 6.67 Å². The number of aromatic nitrogens is 1. The zero-order chi connectivity index (χ0) is 20.5. The van der Waals surface area contributed by atoms with E-state index >= 15 is 0 Å². The van der Waals surface area contributed by atoms with Gasteiger partial charge in [0.2, 0.25) is 5.91 Å². The first kappa shape index (κ1) is 19.0. The SMILES string of the molecule is Cc1c(C(=O)N(CN2CCCC2=O)c2nc3ccccc3s2)cccc1[N+](=O)[O-]. The Hall–Kier alpha value is -3.33. The number of nitro groups is 1. The lowest BCUT2D eigenvalue weighted by Crippen LogP contribution is -2.42. The summed E-state index contributed by atoms with van der Waals surface area (Å²) in [5, 5.41) is 11.8. The van der Waals surface area contributed by atoms with E-state index in [1.807, 2.05) is 24.3 Å². The van der Waals surface area contributed by atoms with Crippen LogP contribution in [-0.4, -0.2) is 39.8 Å². The quantitative estimate of drug-likeness (QED) is 0.471. The molecule has 9 heteroatoms. The van der Waals surface area contributed by atoms with Crippen LogP contribution in [0.2, 0.25) is 0 Å². The topological polar surface area (TPSA) is 96.7 Å². The van der Waals surface area contributed by atoms with E-state index in [9.17, 15) is 19.7 Å². The zero-order valence-corrected chi connectivity index (χ0v) is 16.5. The molecule has 8 nitrogen and oxygen atoms in total. The Morgan fingerprint density at radius 1 is 1.28 bits per heavy atom. The van der Waals surface area contributed by atoms with Crippen molar-refractivity contribution in [3.8, 4) is 0 Å². The first-order valence-electron chi connectivity index (χ1n) is 9.15. The molecule has 1 fully saturated rings. The van der Waals surface area contributed by atoms with Crippen molar-refractivity contribution in [3.05, 3.63) is 63.7 Å². The molecule has 0 bridgehead atoms. The molecule has 0 unspecified atom stereocenters. The highest BCUT2D eigenvalue weighted by molar-refractivity contribution is 7.22. The number of hydrogen-bond donors (Lipinski definition) is 0. The van der Waals surface area contributed by atoms with Crippen molar-refractivity contribution in [2.75, 3.05) is 18.1 Å². The van der Waals surface area contributed by atoms with Crippen molar-refractivity contribution in [1.82, 2.24) is 9.88 Å². The fraction of sp³-hybridized carbons (Fsp3) is 0.250. The third-order valence-corrected chi connectivity index (χ3v) is 6.03. The van der Waals surface area contributed by atoms with Gasteiger partial charge in [-0.3, -0.25) is 24.6 Å². The molecule has 3 aromatic rings. The second kappa shape index (κ2) is 7.59. The molecule has 0 atom stereocenters. The van der Waals surface area contributed by atoms with E-state index in [2.05, 4.69) is 4.98 Å². The van der Waals surface area contributed by atoms with Gasteiger partial charge in [0.05, 0.1) is 15.1 Å². The average molecular weight is 410 g/mol. The van der Waals surface area contributed by atoms with E-state index in [0.29, 0.717) is 23.7 Å². The third kappa shape index (κ3) is 3.56. The lowest BCUT2D eigenvalue weighted by atomic mass is 10.1. The normalized spacial score (nSPS) is 13.8. The highest BCUT2D eigenvalue weighted by Crippen LogP contribution is 2.31. The molecular weight excluding hydrogens is 392 g/mol. The predicted octanol–water partition coefficient (Wildman–Crippen LogP) is 3.74. The van der Waals surface area contributed by atoms with Crippen molar-refractivity contribution >= 4 is 44.2 Å². The van der Waals surface area contributed by atoms with Gasteiger partial charge < -0.3 is 4.90 Å². The highest BCUT2D eigenvalue weighted by atomic mass is 32.1. The summed E-state index contributed by atoms with van der Waals surface area (Å²) in [5.41, 5.74) is 1.16.